The van der Waals surface area contributed by atoms with Crippen LogP contribution in [0.1, 0.15) is 36.7 Å². The molecule has 1 aliphatic rings. The van der Waals surface area contributed by atoms with Crippen molar-refractivity contribution >= 4 is 17.5 Å². The summed E-state index contributed by atoms with van der Waals surface area (Å²) in [4.78, 5) is 28.3. The number of anilines is 1. The SMILES string of the molecule is CO[C@@H]1CN(C)C(=O)c2ccc(NC(C)=O)cc2OC[C@@H](C)N(Cc2cc(F)ccc2F)C[C@H]1C. The molecule has 1 heterocycles. The van der Waals surface area contributed by atoms with Gasteiger partial charge in [-0.2, -0.15) is 0 Å². The summed E-state index contributed by atoms with van der Waals surface area (Å²) < 4.78 is 40.1. The number of nitrogens with one attached hydrogen (secondary N) is 1. The molecule has 1 N–H and O–H groups in total. The fourth-order valence-corrected chi connectivity index (χ4v) is 4.23. The minimum atomic E-state index is -0.498. The van der Waals surface area contributed by atoms with Gasteiger partial charge < -0.3 is 19.7 Å². The third kappa shape index (κ3) is 6.76. The molecule has 0 saturated carbocycles. The molecular weight excluding hydrogens is 456 g/mol. The molecule has 2 aromatic carbocycles. The lowest BCUT2D eigenvalue weighted by Crippen LogP contribution is -2.46. The smallest absolute Gasteiger partial charge is 0.257 e. The van der Waals surface area contributed by atoms with Crippen molar-refractivity contribution in [3.05, 3.63) is 59.2 Å². The van der Waals surface area contributed by atoms with E-state index in [1.807, 2.05) is 18.7 Å². The summed E-state index contributed by atoms with van der Waals surface area (Å²) >= 11 is 0. The number of hydrogen-bond donors (Lipinski definition) is 1. The molecule has 0 fully saturated rings. The standard InChI is InChI=1S/C26H33F2N3O4/c1-16-12-31(13-19-10-20(27)6-9-23(19)28)17(2)15-35-24-11-21(29-18(3)32)7-8-22(24)26(33)30(4)14-25(16)34-5/h6-11,16-17,25H,12-15H2,1-5H3,(H,29,32)/t16-,17-,25-/m1/s1. The van der Waals surface area contributed by atoms with Crippen LogP contribution in [0, 0.1) is 17.6 Å². The van der Waals surface area contributed by atoms with Crippen LogP contribution >= 0.6 is 0 Å². The van der Waals surface area contributed by atoms with Crippen molar-refractivity contribution in [3.8, 4) is 5.75 Å². The number of methoxy groups -OCH3 is 1. The molecule has 35 heavy (non-hydrogen) atoms. The average molecular weight is 490 g/mol. The van der Waals surface area contributed by atoms with Crippen LogP contribution in [-0.2, 0) is 16.1 Å². The summed E-state index contributed by atoms with van der Waals surface area (Å²) in [7, 11) is 3.29. The first-order chi connectivity index (χ1) is 16.6. The maximum absolute atomic E-state index is 14.4. The maximum atomic E-state index is 14.4. The van der Waals surface area contributed by atoms with Crippen molar-refractivity contribution in [1.29, 1.82) is 0 Å². The molecule has 9 heteroatoms. The van der Waals surface area contributed by atoms with E-state index < -0.39 is 11.6 Å². The monoisotopic (exact) mass is 489 g/mol. The zero-order chi connectivity index (χ0) is 25.7. The third-order valence-corrected chi connectivity index (χ3v) is 6.28. The fraction of sp³-hybridized carbons (Fsp3) is 0.462. The molecule has 3 atom stereocenters. The topological polar surface area (TPSA) is 71.1 Å². The van der Waals surface area contributed by atoms with Gasteiger partial charge in [0.1, 0.15) is 24.0 Å². The van der Waals surface area contributed by atoms with Gasteiger partial charge in [-0.05, 0) is 43.2 Å². The van der Waals surface area contributed by atoms with Gasteiger partial charge in [0, 0.05) is 64.1 Å². The first-order valence-corrected chi connectivity index (χ1v) is 11.6. The second-order valence-electron chi connectivity index (χ2n) is 9.15. The maximum Gasteiger partial charge on any atom is 0.257 e. The normalized spacial score (nSPS) is 22.0. The molecule has 0 saturated heterocycles. The first-order valence-electron chi connectivity index (χ1n) is 11.6. The number of fused-ring (bicyclic) bond motifs is 1. The zero-order valence-electron chi connectivity index (χ0n) is 20.8. The lowest BCUT2D eigenvalue weighted by molar-refractivity contribution is -0.114. The molecule has 1 aliphatic heterocycles. The number of carbonyl (C=O) groups is 2. The molecule has 7 nitrogen and oxygen atoms in total. The van der Waals surface area contributed by atoms with Crippen molar-refractivity contribution in [2.75, 3.05) is 39.2 Å². The Bertz CT molecular complexity index is 1060. The van der Waals surface area contributed by atoms with E-state index in [-0.39, 0.29) is 48.6 Å². The highest BCUT2D eigenvalue weighted by molar-refractivity contribution is 5.98. The zero-order valence-corrected chi connectivity index (χ0v) is 20.8. The third-order valence-electron chi connectivity index (χ3n) is 6.28. The number of nitrogens with zero attached hydrogens (tertiary/aromatic N) is 2. The van der Waals surface area contributed by atoms with Gasteiger partial charge in [0.25, 0.3) is 5.91 Å². The van der Waals surface area contributed by atoms with Crippen LogP contribution in [-0.4, -0.2) is 67.6 Å². The molecule has 0 spiro atoms. The van der Waals surface area contributed by atoms with Gasteiger partial charge in [-0.3, -0.25) is 14.5 Å². The van der Waals surface area contributed by atoms with E-state index in [9.17, 15) is 18.4 Å². The average Bonchev–Trinajstić information content (AvgIpc) is 2.81. The Labute approximate surface area is 205 Å². The van der Waals surface area contributed by atoms with Crippen molar-refractivity contribution in [1.82, 2.24) is 9.80 Å². The van der Waals surface area contributed by atoms with E-state index in [0.29, 0.717) is 30.1 Å². The Balaban J connectivity index is 1.97. The number of hydrogen-bond acceptors (Lipinski definition) is 5. The van der Waals surface area contributed by atoms with Crippen LogP contribution in [0.15, 0.2) is 36.4 Å². The number of amides is 2. The van der Waals surface area contributed by atoms with Crippen LogP contribution in [0.5, 0.6) is 5.75 Å². The Hall–Kier alpha value is -3.04. The molecule has 190 valence electrons. The number of benzene rings is 2. The molecule has 0 aromatic heterocycles. The minimum Gasteiger partial charge on any atom is -0.491 e. The van der Waals surface area contributed by atoms with Crippen molar-refractivity contribution in [3.63, 3.8) is 0 Å². The summed E-state index contributed by atoms with van der Waals surface area (Å²) in [5.74, 6) is -1.13. The van der Waals surface area contributed by atoms with Crippen molar-refractivity contribution in [2.24, 2.45) is 5.92 Å². The first kappa shape index (κ1) is 26.6. The number of likely N-dealkylation sites (N-methyl/N-ethyl adjacent to an activating group) is 1. The highest BCUT2D eigenvalue weighted by Gasteiger charge is 2.29. The van der Waals surface area contributed by atoms with Gasteiger partial charge in [0.15, 0.2) is 0 Å². The Morgan fingerprint density at radius 3 is 2.60 bits per heavy atom. The van der Waals surface area contributed by atoms with Crippen LogP contribution in [0.25, 0.3) is 0 Å². The number of rotatable bonds is 4. The van der Waals surface area contributed by atoms with Crippen molar-refractivity contribution < 1.29 is 27.8 Å². The molecule has 0 radical (unpaired) electrons. The second-order valence-corrected chi connectivity index (χ2v) is 9.15. The molecule has 2 amide bonds. The largest absolute Gasteiger partial charge is 0.491 e. The Morgan fingerprint density at radius 2 is 1.91 bits per heavy atom. The van der Waals surface area contributed by atoms with E-state index in [2.05, 4.69) is 5.32 Å². The van der Waals surface area contributed by atoms with Crippen molar-refractivity contribution in [2.45, 2.75) is 39.5 Å². The predicted octanol–water partition coefficient (Wildman–Crippen LogP) is 3.93. The fourth-order valence-electron chi connectivity index (χ4n) is 4.23. The summed E-state index contributed by atoms with van der Waals surface area (Å²) in [6.45, 7) is 6.56. The second kappa shape index (κ2) is 11.6. The molecular formula is C26H33F2N3O4. The van der Waals surface area contributed by atoms with Crippen LogP contribution < -0.4 is 10.1 Å². The highest BCUT2D eigenvalue weighted by atomic mass is 19.1. The van der Waals surface area contributed by atoms with Crippen LogP contribution in [0.2, 0.25) is 0 Å². The Morgan fingerprint density at radius 1 is 1.17 bits per heavy atom. The van der Waals surface area contributed by atoms with E-state index in [4.69, 9.17) is 9.47 Å². The van der Waals surface area contributed by atoms with Gasteiger partial charge in [0.05, 0.1) is 11.7 Å². The van der Waals surface area contributed by atoms with Crippen LogP contribution in [0.3, 0.4) is 0 Å². The van der Waals surface area contributed by atoms with E-state index in [1.165, 1.54) is 13.0 Å². The summed E-state index contributed by atoms with van der Waals surface area (Å²) in [5.41, 5.74) is 1.12. The lowest BCUT2D eigenvalue weighted by Gasteiger charge is -2.36. The molecule has 2 aromatic rings. The van der Waals surface area contributed by atoms with Crippen LogP contribution in [0.4, 0.5) is 14.5 Å². The quantitative estimate of drug-likeness (QED) is 0.705. The summed E-state index contributed by atoms with van der Waals surface area (Å²) in [6.07, 6.45) is -0.279. The van der Waals surface area contributed by atoms with Gasteiger partial charge >= 0.3 is 0 Å². The van der Waals surface area contributed by atoms with Gasteiger partial charge in [-0.25, -0.2) is 8.78 Å². The van der Waals surface area contributed by atoms with E-state index in [1.54, 1.807) is 37.3 Å². The predicted molar refractivity (Wildman–Crippen MR) is 129 cm³/mol. The summed E-state index contributed by atoms with van der Waals surface area (Å²) in [5, 5.41) is 2.70. The number of halogens is 2. The molecule has 0 aliphatic carbocycles. The van der Waals surface area contributed by atoms with E-state index in [0.717, 1.165) is 12.1 Å². The minimum absolute atomic E-state index is 0.0182. The van der Waals surface area contributed by atoms with Gasteiger partial charge in [0.2, 0.25) is 5.91 Å². The number of carbonyl (C=O) groups excluding carboxylic acids is 2. The van der Waals surface area contributed by atoms with E-state index >= 15 is 0 Å². The summed E-state index contributed by atoms with van der Waals surface area (Å²) in [6, 6.07) is 8.13. The highest BCUT2D eigenvalue weighted by Crippen LogP contribution is 2.27. The van der Waals surface area contributed by atoms with Gasteiger partial charge in [-0.15, -0.1) is 0 Å². The molecule has 3 rings (SSSR count). The lowest BCUT2D eigenvalue weighted by atomic mass is 10.0. The number of ether oxygens (including phenoxy) is 2. The Kier molecular flexibility index (Phi) is 8.80. The van der Waals surface area contributed by atoms with Gasteiger partial charge in [-0.1, -0.05) is 6.92 Å². The molecule has 0 unspecified atom stereocenters. The molecule has 0 bridgehead atoms.